The second-order valence-corrected chi connectivity index (χ2v) is 6.97. The zero-order valence-corrected chi connectivity index (χ0v) is 12.9. The van der Waals surface area contributed by atoms with Gasteiger partial charge in [0.2, 0.25) is 5.91 Å². The number of aliphatic hydroxyl groups is 1. The smallest absolute Gasteiger partial charge is 0.223 e. The molecule has 1 saturated heterocycles. The van der Waals surface area contributed by atoms with Crippen LogP contribution in [0.25, 0.3) is 0 Å². The number of hydrogen-bond donors (Lipinski definition) is 2. The van der Waals surface area contributed by atoms with Gasteiger partial charge in [-0.3, -0.25) is 4.79 Å². The highest BCUT2D eigenvalue weighted by Crippen LogP contribution is 2.21. The van der Waals surface area contributed by atoms with E-state index in [1.54, 1.807) is 0 Å². The number of piperidine rings is 1. The SMILES string of the molecule is CC(CCO)NC1CCN(C(=O)CC(C)(C)C)CC1. The largest absolute Gasteiger partial charge is 0.396 e. The first-order valence-corrected chi connectivity index (χ1v) is 7.46. The van der Waals surface area contributed by atoms with Crippen molar-refractivity contribution in [3.63, 3.8) is 0 Å². The molecule has 1 rings (SSSR count). The van der Waals surface area contributed by atoms with Crippen LogP contribution in [-0.2, 0) is 4.79 Å². The normalized spacial score (nSPS) is 19.5. The average molecular weight is 270 g/mol. The van der Waals surface area contributed by atoms with Crippen molar-refractivity contribution in [2.75, 3.05) is 19.7 Å². The van der Waals surface area contributed by atoms with Crippen LogP contribution in [0.15, 0.2) is 0 Å². The molecule has 4 heteroatoms. The molecular formula is C15H30N2O2. The third-order valence-corrected chi connectivity index (χ3v) is 3.61. The number of likely N-dealkylation sites (tertiary alicyclic amines) is 1. The van der Waals surface area contributed by atoms with Gasteiger partial charge < -0.3 is 15.3 Å². The molecule has 1 atom stereocenters. The molecule has 0 aromatic heterocycles. The van der Waals surface area contributed by atoms with Gasteiger partial charge in [0, 0.05) is 38.2 Å². The van der Waals surface area contributed by atoms with Crippen LogP contribution in [0.4, 0.5) is 0 Å². The van der Waals surface area contributed by atoms with Crippen LogP contribution in [0, 0.1) is 5.41 Å². The van der Waals surface area contributed by atoms with Crippen molar-refractivity contribution >= 4 is 5.91 Å². The van der Waals surface area contributed by atoms with E-state index in [4.69, 9.17) is 5.11 Å². The van der Waals surface area contributed by atoms with E-state index >= 15 is 0 Å². The quantitative estimate of drug-likeness (QED) is 0.800. The monoisotopic (exact) mass is 270 g/mol. The lowest BCUT2D eigenvalue weighted by Gasteiger charge is -2.35. The lowest BCUT2D eigenvalue weighted by atomic mass is 9.91. The summed E-state index contributed by atoms with van der Waals surface area (Å²) >= 11 is 0. The van der Waals surface area contributed by atoms with E-state index in [1.165, 1.54) is 0 Å². The summed E-state index contributed by atoms with van der Waals surface area (Å²) in [7, 11) is 0. The summed E-state index contributed by atoms with van der Waals surface area (Å²) in [4.78, 5) is 14.1. The summed E-state index contributed by atoms with van der Waals surface area (Å²) in [6, 6.07) is 0.840. The van der Waals surface area contributed by atoms with E-state index in [9.17, 15) is 4.79 Å². The van der Waals surface area contributed by atoms with Crippen LogP contribution < -0.4 is 5.32 Å². The van der Waals surface area contributed by atoms with Gasteiger partial charge >= 0.3 is 0 Å². The highest BCUT2D eigenvalue weighted by molar-refractivity contribution is 5.76. The second-order valence-electron chi connectivity index (χ2n) is 6.97. The fourth-order valence-corrected chi connectivity index (χ4v) is 2.54. The predicted molar refractivity (Wildman–Crippen MR) is 78.0 cm³/mol. The van der Waals surface area contributed by atoms with Crippen LogP contribution >= 0.6 is 0 Å². The first-order chi connectivity index (χ1) is 8.81. The number of amides is 1. The number of carbonyl (C=O) groups excluding carboxylic acids is 1. The summed E-state index contributed by atoms with van der Waals surface area (Å²) < 4.78 is 0. The minimum absolute atomic E-state index is 0.0713. The van der Waals surface area contributed by atoms with E-state index in [1.807, 2.05) is 4.90 Å². The van der Waals surface area contributed by atoms with Crippen molar-refractivity contribution < 1.29 is 9.90 Å². The summed E-state index contributed by atoms with van der Waals surface area (Å²) in [5.74, 6) is 0.286. The summed E-state index contributed by atoms with van der Waals surface area (Å²) in [6.45, 7) is 10.4. The third kappa shape index (κ3) is 6.39. The summed E-state index contributed by atoms with van der Waals surface area (Å²) in [5, 5.41) is 12.4. The molecule has 1 aliphatic heterocycles. The molecule has 19 heavy (non-hydrogen) atoms. The van der Waals surface area contributed by atoms with E-state index in [2.05, 4.69) is 33.0 Å². The molecule has 1 amide bonds. The van der Waals surface area contributed by atoms with Gasteiger partial charge in [0.05, 0.1) is 0 Å². The lowest BCUT2D eigenvalue weighted by molar-refractivity contribution is -0.134. The summed E-state index contributed by atoms with van der Waals surface area (Å²) in [6.07, 6.45) is 3.46. The lowest BCUT2D eigenvalue weighted by Crippen LogP contribution is -2.47. The average Bonchev–Trinajstić information content (AvgIpc) is 2.27. The van der Waals surface area contributed by atoms with E-state index in [0.717, 1.165) is 32.4 Å². The van der Waals surface area contributed by atoms with Gasteiger partial charge in [0.1, 0.15) is 0 Å². The molecule has 112 valence electrons. The molecule has 1 aliphatic rings. The molecule has 0 radical (unpaired) electrons. The van der Waals surface area contributed by atoms with Crippen molar-refractivity contribution in [2.45, 2.75) is 65.5 Å². The standard InChI is InChI=1S/C15H30N2O2/c1-12(7-10-18)16-13-5-8-17(9-6-13)14(19)11-15(2,3)4/h12-13,16,18H,5-11H2,1-4H3. The second kappa shape index (κ2) is 7.25. The van der Waals surface area contributed by atoms with E-state index in [0.29, 0.717) is 18.5 Å². The van der Waals surface area contributed by atoms with Gasteiger partial charge in [-0.25, -0.2) is 0 Å². The van der Waals surface area contributed by atoms with Gasteiger partial charge in [-0.15, -0.1) is 0 Å². The number of hydrogen-bond acceptors (Lipinski definition) is 3. The van der Waals surface area contributed by atoms with Gasteiger partial charge in [-0.2, -0.15) is 0 Å². The van der Waals surface area contributed by atoms with Crippen LogP contribution in [0.5, 0.6) is 0 Å². The molecule has 1 fully saturated rings. The molecule has 1 unspecified atom stereocenters. The minimum Gasteiger partial charge on any atom is -0.396 e. The molecule has 4 nitrogen and oxygen atoms in total. The Morgan fingerprint density at radius 3 is 2.42 bits per heavy atom. The molecule has 1 heterocycles. The summed E-state index contributed by atoms with van der Waals surface area (Å²) in [5.41, 5.74) is 0.0713. The minimum atomic E-state index is 0.0713. The Balaban J connectivity index is 2.30. The zero-order valence-electron chi connectivity index (χ0n) is 12.9. The third-order valence-electron chi connectivity index (χ3n) is 3.61. The highest BCUT2D eigenvalue weighted by Gasteiger charge is 2.26. The van der Waals surface area contributed by atoms with Gasteiger partial charge in [-0.1, -0.05) is 20.8 Å². The molecule has 0 aromatic rings. The Hall–Kier alpha value is -0.610. The molecule has 0 aromatic carbocycles. The van der Waals surface area contributed by atoms with Crippen LogP contribution in [0.1, 0.15) is 53.4 Å². The Morgan fingerprint density at radius 2 is 1.95 bits per heavy atom. The number of nitrogens with one attached hydrogen (secondary N) is 1. The maximum absolute atomic E-state index is 12.1. The zero-order chi connectivity index (χ0) is 14.5. The first kappa shape index (κ1) is 16.4. The molecule has 0 saturated carbocycles. The van der Waals surface area contributed by atoms with Crippen molar-refractivity contribution in [3.8, 4) is 0 Å². The topological polar surface area (TPSA) is 52.6 Å². The Kier molecular flexibility index (Phi) is 6.27. The molecular weight excluding hydrogens is 240 g/mol. The maximum atomic E-state index is 12.1. The number of rotatable bonds is 5. The van der Waals surface area contributed by atoms with Crippen molar-refractivity contribution in [1.29, 1.82) is 0 Å². The Labute approximate surface area is 117 Å². The van der Waals surface area contributed by atoms with Gasteiger partial charge in [-0.05, 0) is 31.6 Å². The first-order valence-electron chi connectivity index (χ1n) is 7.46. The highest BCUT2D eigenvalue weighted by atomic mass is 16.3. The van der Waals surface area contributed by atoms with Crippen molar-refractivity contribution in [2.24, 2.45) is 5.41 Å². The van der Waals surface area contributed by atoms with E-state index in [-0.39, 0.29) is 17.9 Å². The fraction of sp³-hybridized carbons (Fsp3) is 0.933. The Morgan fingerprint density at radius 1 is 1.37 bits per heavy atom. The fourth-order valence-electron chi connectivity index (χ4n) is 2.54. The predicted octanol–water partition coefficient (Wildman–Crippen LogP) is 1.77. The number of aliphatic hydroxyl groups excluding tert-OH is 1. The molecule has 2 N–H and O–H groups in total. The number of carbonyl (C=O) groups is 1. The maximum Gasteiger partial charge on any atom is 0.223 e. The van der Waals surface area contributed by atoms with Gasteiger partial charge in [0.15, 0.2) is 0 Å². The van der Waals surface area contributed by atoms with E-state index < -0.39 is 0 Å². The van der Waals surface area contributed by atoms with Crippen molar-refractivity contribution in [3.05, 3.63) is 0 Å². The molecule has 0 aliphatic carbocycles. The number of nitrogens with zero attached hydrogens (tertiary/aromatic N) is 1. The molecule has 0 spiro atoms. The van der Waals surface area contributed by atoms with Crippen LogP contribution in [-0.4, -0.2) is 47.7 Å². The van der Waals surface area contributed by atoms with Gasteiger partial charge in [0.25, 0.3) is 0 Å². The molecule has 0 bridgehead atoms. The van der Waals surface area contributed by atoms with Crippen LogP contribution in [0.3, 0.4) is 0 Å². The van der Waals surface area contributed by atoms with Crippen molar-refractivity contribution in [1.82, 2.24) is 10.2 Å². The van der Waals surface area contributed by atoms with Crippen LogP contribution in [0.2, 0.25) is 0 Å². The Bertz CT molecular complexity index is 278.